The summed E-state index contributed by atoms with van der Waals surface area (Å²) in [5, 5.41) is 8.50. The molecule has 0 aliphatic carbocycles. The van der Waals surface area contributed by atoms with Crippen molar-refractivity contribution in [1.82, 2.24) is 0 Å². The average molecular weight is 278 g/mol. The van der Waals surface area contributed by atoms with E-state index in [2.05, 4.69) is 43.4 Å². The zero-order valence-electron chi connectivity index (χ0n) is 12.9. The van der Waals surface area contributed by atoms with Gasteiger partial charge in [-0.1, -0.05) is 69.1 Å². The number of hydrogen-bond donors (Lipinski definition) is 1. The molecule has 0 amide bonds. The highest BCUT2D eigenvalue weighted by atomic mass is 16.4. The van der Waals surface area contributed by atoms with Gasteiger partial charge in [0.1, 0.15) is 0 Å². The lowest BCUT2D eigenvalue weighted by Gasteiger charge is -1.97. The fourth-order valence-corrected chi connectivity index (χ4v) is 1.86. The Morgan fingerprint density at radius 3 is 2.30 bits per heavy atom. The molecule has 2 heteroatoms. The second kappa shape index (κ2) is 15.7. The van der Waals surface area contributed by atoms with Gasteiger partial charge in [-0.05, 0) is 32.1 Å². The second-order valence-electron chi connectivity index (χ2n) is 5.05. The molecule has 20 heavy (non-hydrogen) atoms. The lowest BCUT2D eigenvalue weighted by atomic mass is 10.1. The van der Waals surface area contributed by atoms with Crippen LogP contribution in [0.25, 0.3) is 0 Å². The Morgan fingerprint density at radius 2 is 1.55 bits per heavy atom. The number of rotatable bonds is 13. The van der Waals surface area contributed by atoms with Crippen LogP contribution in [0, 0.1) is 0 Å². The summed E-state index contributed by atoms with van der Waals surface area (Å²) in [5.74, 6) is -0.677. The molecule has 0 heterocycles. The van der Waals surface area contributed by atoms with Crippen LogP contribution in [-0.2, 0) is 4.79 Å². The molecule has 0 aliphatic rings. The van der Waals surface area contributed by atoms with Crippen molar-refractivity contribution in [3.8, 4) is 0 Å². The highest BCUT2D eigenvalue weighted by Gasteiger charge is 1.95. The summed E-state index contributed by atoms with van der Waals surface area (Å²) >= 11 is 0. The standard InChI is InChI=1S/C18H30O2/c1-2-3-4-5-6-7-8-9-10-11-12-13-14-15-16-17-18(19)20/h4-5,7-10H,2-3,6,11-17H2,1H3,(H,19,20). The normalized spacial score (nSPS) is 12.1. The van der Waals surface area contributed by atoms with Gasteiger partial charge in [0.15, 0.2) is 0 Å². The van der Waals surface area contributed by atoms with Crippen molar-refractivity contribution in [2.45, 2.75) is 71.1 Å². The van der Waals surface area contributed by atoms with E-state index in [0.29, 0.717) is 6.42 Å². The van der Waals surface area contributed by atoms with Crippen LogP contribution in [0.15, 0.2) is 36.5 Å². The van der Waals surface area contributed by atoms with E-state index in [1.54, 1.807) is 0 Å². The molecule has 114 valence electrons. The summed E-state index contributed by atoms with van der Waals surface area (Å²) in [6, 6.07) is 0. The summed E-state index contributed by atoms with van der Waals surface area (Å²) in [5.41, 5.74) is 0. The molecule has 0 aromatic carbocycles. The third kappa shape index (κ3) is 16.7. The first kappa shape index (κ1) is 18.7. The van der Waals surface area contributed by atoms with E-state index >= 15 is 0 Å². The molecule has 0 spiro atoms. The van der Waals surface area contributed by atoms with E-state index in [0.717, 1.165) is 32.1 Å². The van der Waals surface area contributed by atoms with Gasteiger partial charge in [-0.15, -0.1) is 0 Å². The molecule has 2 nitrogen and oxygen atoms in total. The third-order valence-corrected chi connectivity index (χ3v) is 3.04. The maximum absolute atomic E-state index is 10.3. The summed E-state index contributed by atoms with van der Waals surface area (Å²) in [6.07, 6.45) is 23.3. The van der Waals surface area contributed by atoms with Gasteiger partial charge < -0.3 is 5.11 Å². The van der Waals surface area contributed by atoms with E-state index in [9.17, 15) is 4.79 Å². The van der Waals surface area contributed by atoms with Gasteiger partial charge in [0.05, 0.1) is 0 Å². The average Bonchev–Trinajstić information content (AvgIpc) is 2.43. The molecule has 0 unspecified atom stereocenters. The second-order valence-corrected chi connectivity index (χ2v) is 5.05. The van der Waals surface area contributed by atoms with Gasteiger partial charge in [0.25, 0.3) is 0 Å². The van der Waals surface area contributed by atoms with E-state index in [-0.39, 0.29) is 0 Å². The molecular weight excluding hydrogens is 248 g/mol. The SMILES string of the molecule is CCCC=CCC=CC=CCCCCCCCC(=O)O. The number of unbranched alkanes of at least 4 members (excludes halogenated alkanes) is 6. The molecule has 0 bridgehead atoms. The monoisotopic (exact) mass is 278 g/mol. The van der Waals surface area contributed by atoms with Gasteiger partial charge in [-0.3, -0.25) is 4.79 Å². The summed E-state index contributed by atoms with van der Waals surface area (Å²) in [4.78, 5) is 10.3. The van der Waals surface area contributed by atoms with E-state index in [1.165, 1.54) is 25.7 Å². The number of aliphatic carboxylic acids is 1. The van der Waals surface area contributed by atoms with E-state index in [4.69, 9.17) is 5.11 Å². The molecule has 0 radical (unpaired) electrons. The molecule has 0 fully saturated rings. The van der Waals surface area contributed by atoms with Crippen LogP contribution in [-0.4, -0.2) is 11.1 Å². The van der Waals surface area contributed by atoms with Crippen molar-refractivity contribution in [2.24, 2.45) is 0 Å². The van der Waals surface area contributed by atoms with Crippen LogP contribution < -0.4 is 0 Å². The molecular formula is C18H30O2. The maximum atomic E-state index is 10.3. The van der Waals surface area contributed by atoms with Crippen LogP contribution in [0.3, 0.4) is 0 Å². The van der Waals surface area contributed by atoms with Gasteiger partial charge in [-0.25, -0.2) is 0 Å². The highest BCUT2D eigenvalue weighted by molar-refractivity contribution is 5.66. The van der Waals surface area contributed by atoms with Crippen LogP contribution in [0.5, 0.6) is 0 Å². The van der Waals surface area contributed by atoms with Gasteiger partial charge in [0.2, 0.25) is 0 Å². The van der Waals surface area contributed by atoms with Gasteiger partial charge in [0, 0.05) is 6.42 Å². The zero-order chi connectivity index (χ0) is 14.9. The van der Waals surface area contributed by atoms with Crippen LogP contribution in [0.4, 0.5) is 0 Å². The van der Waals surface area contributed by atoms with Crippen molar-refractivity contribution in [2.75, 3.05) is 0 Å². The smallest absolute Gasteiger partial charge is 0.303 e. The first-order chi connectivity index (χ1) is 9.77. The molecule has 0 atom stereocenters. The lowest BCUT2D eigenvalue weighted by molar-refractivity contribution is -0.137. The van der Waals surface area contributed by atoms with Crippen LogP contribution in [0.1, 0.15) is 71.1 Å². The highest BCUT2D eigenvalue weighted by Crippen LogP contribution is 2.07. The Labute approximate surface area is 124 Å². The molecule has 0 aliphatic heterocycles. The minimum absolute atomic E-state index is 0.317. The Bertz CT molecular complexity index is 301. The molecule has 0 saturated heterocycles. The summed E-state index contributed by atoms with van der Waals surface area (Å²) < 4.78 is 0. The fraction of sp³-hybridized carbons (Fsp3) is 0.611. The Morgan fingerprint density at radius 1 is 0.850 bits per heavy atom. The van der Waals surface area contributed by atoms with Crippen molar-refractivity contribution >= 4 is 5.97 Å². The first-order valence-corrected chi connectivity index (χ1v) is 7.95. The number of hydrogen-bond acceptors (Lipinski definition) is 1. The lowest BCUT2D eigenvalue weighted by Crippen LogP contribution is -1.93. The summed E-state index contributed by atoms with van der Waals surface area (Å²) in [6.45, 7) is 2.19. The predicted molar refractivity (Wildman–Crippen MR) is 86.9 cm³/mol. The molecule has 0 saturated carbocycles. The van der Waals surface area contributed by atoms with Gasteiger partial charge >= 0.3 is 5.97 Å². The van der Waals surface area contributed by atoms with Crippen LogP contribution in [0.2, 0.25) is 0 Å². The number of allylic oxidation sites excluding steroid dienone is 6. The minimum atomic E-state index is -0.677. The maximum Gasteiger partial charge on any atom is 0.303 e. The minimum Gasteiger partial charge on any atom is -0.481 e. The van der Waals surface area contributed by atoms with Crippen molar-refractivity contribution < 1.29 is 9.90 Å². The quantitative estimate of drug-likeness (QED) is 0.268. The predicted octanol–water partition coefficient (Wildman–Crippen LogP) is 5.66. The first-order valence-electron chi connectivity index (χ1n) is 7.95. The molecule has 0 rings (SSSR count). The Kier molecular flexibility index (Phi) is 14.7. The summed E-state index contributed by atoms with van der Waals surface area (Å²) in [7, 11) is 0. The molecule has 0 aromatic heterocycles. The van der Waals surface area contributed by atoms with Crippen molar-refractivity contribution in [3.05, 3.63) is 36.5 Å². The number of carbonyl (C=O) groups is 1. The zero-order valence-corrected chi connectivity index (χ0v) is 12.9. The Balaban J connectivity index is 3.27. The van der Waals surface area contributed by atoms with Gasteiger partial charge in [-0.2, -0.15) is 0 Å². The van der Waals surface area contributed by atoms with Crippen molar-refractivity contribution in [1.29, 1.82) is 0 Å². The fourth-order valence-electron chi connectivity index (χ4n) is 1.86. The molecule has 0 aromatic rings. The van der Waals surface area contributed by atoms with Crippen LogP contribution >= 0.6 is 0 Å². The largest absolute Gasteiger partial charge is 0.481 e. The number of carboxylic acid groups (broad SMARTS) is 1. The Hall–Kier alpha value is -1.31. The van der Waals surface area contributed by atoms with E-state index in [1.807, 2.05) is 0 Å². The van der Waals surface area contributed by atoms with Crippen molar-refractivity contribution in [3.63, 3.8) is 0 Å². The number of carboxylic acids is 1. The molecule has 1 N–H and O–H groups in total. The van der Waals surface area contributed by atoms with E-state index < -0.39 is 5.97 Å². The topological polar surface area (TPSA) is 37.3 Å². The third-order valence-electron chi connectivity index (χ3n) is 3.04.